The Morgan fingerprint density at radius 3 is 2.41 bits per heavy atom. The Kier molecular flexibility index (Phi) is 7.23. The van der Waals surface area contributed by atoms with Crippen LogP contribution in [0.3, 0.4) is 0 Å². The number of hydrogen-bond acceptors (Lipinski definition) is 6. The van der Waals surface area contributed by atoms with E-state index in [-0.39, 0.29) is 29.9 Å². The van der Waals surface area contributed by atoms with Crippen LogP contribution in [0, 0.1) is 11.8 Å². The smallest absolute Gasteiger partial charge is 0.226 e. The van der Waals surface area contributed by atoms with Gasteiger partial charge in [0.1, 0.15) is 0 Å². The fourth-order valence-corrected chi connectivity index (χ4v) is 6.01. The highest BCUT2D eigenvalue weighted by molar-refractivity contribution is 7.17. The first-order chi connectivity index (χ1) is 15.4. The largest absolute Gasteiger partial charge is 0.339 e. The normalized spacial score (nSPS) is 21.9. The Balaban J connectivity index is 1.31. The molecule has 1 atom stereocenters. The summed E-state index contributed by atoms with van der Waals surface area (Å²) in [5.41, 5.74) is 0.620. The summed E-state index contributed by atoms with van der Waals surface area (Å²) in [6.07, 6.45) is 8.25. The molecule has 32 heavy (non-hydrogen) atoms. The van der Waals surface area contributed by atoms with Crippen molar-refractivity contribution >= 4 is 40.0 Å². The number of aromatic nitrogens is 1. The van der Waals surface area contributed by atoms with E-state index in [1.807, 2.05) is 0 Å². The molecule has 1 aliphatic heterocycles. The Labute approximate surface area is 192 Å². The second-order valence-electron chi connectivity index (χ2n) is 9.25. The van der Waals surface area contributed by atoms with E-state index in [4.69, 9.17) is 0 Å². The van der Waals surface area contributed by atoms with Gasteiger partial charge in [-0.25, -0.2) is 4.98 Å². The zero-order chi connectivity index (χ0) is 22.7. The van der Waals surface area contributed by atoms with Gasteiger partial charge in [0.05, 0.1) is 16.5 Å². The number of carbonyl (C=O) groups excluding carboxylic acids is 4. The predicted octanol–water partition coefficient (Wildman–Crippen LogP) is 2.88. The number of Topliss-reactive ketones (excluding diaryl/α,β-unsaturated/α-hetero) is 1. The lowest BCUT2D eigenvalue weighted by atomic mass is 9.86. The lowest BCUT2D eigenvalue weighted by molar-refractivity contribution is -0.141. The van der Waals surface area contributed by atoms with Crippen molar-refractivity contribution in [2.45, 2.75) is 64.7 Å². The van der Waals surface area contributed by atoms with Crippen LogP contribution in [0.2, 0.25) is 0 Å². The Morgan fingerprint density at radius 2 is 1.72 bits per heavy atom. The molecule has 0 bridgehead atoms. The molecule has 1 saturated carbocycles. The number of piperazine rings is 1. The van der Waals surface area contributed by atoms with E-state index in [0.29, 0.717) is 60.6 Å². The van der Waals surface area contributed by atoms with Crippen LogP contribution >= 0.6 is 11.3 Å². The molecule has 3 amide bonds. The lowest BCUT2D eigenvalue weighted by Gasteiger charge is -2.36. The molecule has 1 aromatic rings. The van der Waals surface area contributed by atoms with E-state index in [1.54, 1.807) is 9.80 Å². The van der Waals surface area contributed by atoms with Crippen LogP contribution in [-0.4, -0.2) is 64.5 Å². The molecular weight excluding hydrogens is 428 g/mol. The van der Waals surface area contributed by atoms with Gasteiger partial charge in [0, 0.05) is 52.4 Å². The standard InChI is InChI=1S/C23H32N4O4S/c1-15(28)26-9-11-27(12-10-26)22(31)17-13-18-21(19(29)14-17)32-23(24-18)25-20(30)8-7-16-5-3-2-4-6-16/h16-17H,2-14H2,1H3,(H,24,25,30)/t17-/m1/s1. The van der Waals surface area contributed by atoms with Crippen molar-refractivity contribution < 1.29 is 19.2 Å². The summed E-state index contributed by atoms with van der Waals surface area (Å²) in [6, 6.07) is 0. The van der Waals surface area contributed by atoms with Gasteiger partial charge in [-0.3, -0.25) is 19.2 Å². The summed E-state index contributed by atoms with van der Waals surface area (Å²) < 4.78 is 0. The zero-order valence-electron chi connectivity index (χ0n) is 18.7. The highest BCUT2D eigenvalue weighted by atomic mass is 32.1. The number of thiazole rings is 1. The molecule has 8 nitrogen and oxygen atoms in total. The molecule has 174 valence electrons. The molecule has 2 aliphatic carbocycles. The molecular formula is C23H32N4O4S. The van der Waals surface area contributed by atoms with Gasteiger partial charge in [0.25, 0.3) is 0 Å². The van der Waals surface area contributed by atoms with Crippen molar-refractivity contribution in [2.75, 3.05) is 31.5 Å². The topological polar surface area (TPSA) is 99.7 Å². The number of anilines is 1. The van der Waals surface area contributed by atoms with Crippen molar-refractivity contribution in [3.63, 3.8) is 0 Å². The van der Waals surface area contributed by atoms with Gasteiger partial charge in [-0.1, -0.05) is 43.4 Å². The number of hydrogen-bond donors (Lipinski definition) is 1. The van der Waals surface area contributed by atoms with Gasteiger partial charge < -0.3 is 15.1 Å². The molecule has 1 N–H and O–H groups in total. The monoisotopic (exact) mass is 460 g/mol. The number of rotatable bonds is 5. The average molecular weight is 461 g/mol. The maximum absolute atomic E-state index is 13.0. The van der Waals surface area contributed by atoms with E-state index >= 15 is 0 Å². The molecule has 4 rings (SSSR count). The van der Waals surface area contributed by atoms with Crippen molar-refractivity contribution in [3.8, 4) is 0 Å². The third-order valence-electron chi connectivity index (χ3n) is 6.96. The number of ketones is 1. The molecule has 3 aliphatic rings. The summed E-state index contributed by atoms with van der Waals surface area (Å²) in [5.74, 6) is 0.0707. The second-order valence-corrected chi connectivity index (χ2v) is 10.2. The maximum Gasteiger partial charge on any atom is 0.226 e. The molecule has 0 spiro atoms. The molecule has 2 heterocycles. The first kappa shape index (κ1) is 22.9. The fourth-order valence-electron chi connectivity index (χ4n) is 5.05. The Bertz CT molecular complexity index is 885. The minimum absolute atomic E-state index is 0.0189. The van der Waals surface area contributed by atoms with E-state index < -0.39 is 5.92 Å². The third-order valence-corrected chi connectivity index (χ3v) is 8.01. The van der Waals surface area contributed by atoms with Crippen molar-refractivity contribution in [1.82, 2.24) is 14.8 Å². The Hall–Kier alpha value is -2.29. The second kappa shape index (κ2) is 10.1. The van der Waals surface area contributed by atoms with E-state index in [0.717, 1.165) is 6.42 Å². The van der Waals surface area contributed by atoms with Crippen molar-refractivity contribution in [1.29, 1.82) is 0 Å². The van der Waals surface area contributed by atoms with Crippen LogP contribution in [0.25, 0.3) is 0 Å². The maximum atomic E-state index is 13.0. The molecule has 1 saturated heterocycles. The van der Waals surface area contributed by atoms with Crippen LogP contribution in [0.15, 0.2) is 0 Å². The van der Waals surface area contributed by atoms with Crippen molar-refractivity contribution in [2.24, 2.45) is 11.8 Å². The van der Waals surface area contributed by atoms with Crippen LogP contribution in [0.1, 0.15) is 73.7 Å². The van der Waals surface area contributed by atoms with Crippen LogP contribution in [0.5, 0.6) is 0 Å². The average Bonchev–Trinajstić information content (AvgIpc) is 3.21. The number of nitrogens with zero attached hydrogens (tertiary/aromatic N) is 3. The fraction of sp³-hybridized carbons (Fsp3) is 0.696. The van der Waals surface area contributed by atoms with E-state index in [2.05, 4.69) is 10.3 Å². The number of amides is 3. The van der Waals surface area contributed by atoms with Gasteiger partial charge in [-0.15, -0.1) is 0 Å². The number of fused-ring (bicyclic) bond motifs is 1. The summed E-state index contributed by atoms with van der Waals surface area (Å²) in [4.78, 5) is 58.1. The lowest BCUT2D eigenvalue weighted by Crippen LogP contribution is -2.52. The number of carbonyl (C=O) groups is 4. The van der Waals surface area contributed by atoms with Gasteiger partial charge in [-0.2, -0.15) is 0 Å². The third kappa shape index (κ3) is 5.36. The zero-order valence-corrected chi connectivity index (χ0v) is 19.5. The SMILES string of the molecule is CC(=O)N1CCN(C(=O)[C@H]2CC(=O)c3sc(NC(=O)CCC4CCCCC4)nc3C2)CC1. The predicted molar refractivity (Wildman–Crippen MR) is 122 cm³/mol. The molecule has 0 aromatic carbocycles. The molecule has 0 unspecified atom stereocenters. The first-order valence-corrected chi connectivity index (χ1v) is 12.6. The molecule has 2 fully saturated rings. The van der Waals surface area contributed by atoms with Gasteiger partial charge >= 0.3 is 0 Å². The van der Waals surface area contributed by atoms with Crippen LogP contribution in [0.4, 0.5) is 5.13 Å². The van der Waals surface area contributed by atoms with Crippen molar-refractivity contribution in [3.05, 3.63) is 10.6 Å². The van der Waals surface area contributed by atoms with E-state index in [1.165, 1.54) is 50.4 Å². The van der Waals surface area contributed by atoms with Gasteiger partial charge in [0.15, 0.2) is 10.9 Å². The summed E-state index contributed by atoms with van der Waals surface area (Å²) in [7, 11) is 0. The minimum atomic E-state index is -0.421. The molecule has 9 heteroatoms. The highest BCUT2D eigenvalue weighted by Gasteiger charge is 2.36. The van der Waals surface area contributed by atoms with Gasteiger partial charge in [-0.05, 0) is 12.3 Å². The quantitative estimate of drug-likeness (QED) is 0.728. The van der Waals surface area contributed by atoms with Crippen LogP contribution in [-0.2, 0) is 20.8 Å². The van der Waals surface area contributed by atoms with E-state index in [9.17, 15) is 19.2 Å². The molecule has 1 aromatic heterocycles. The Morgan fingerprint density at radius 1 is 1.03 bits per heavy atom. The molecule has 0 radical (unpaired) electrons. The van der Waals surface area contributed by atoms with Crippen LogP contribution < -0.4 is 5.32 Å². The highest BCUT2D eigenvalue weighted by Crippen LogP contribution is 2.33. The summed E-state index contributed by atoms with van der Waals surface area (Å²) in [6.45, 7) is 3.58. The minimum Gasteiger partial charge on any atom is -0.339 e. The first-order valence-electron chi connectivity index (χ1n) is 11.8. The summed E-state index contributed by atoms with van der Waals surface area (Å²) >= 11 is 1.22. The number of nitrogens with one attached hydrogen (secondary N) is 1. The van der Waals surface area contributed by atoms with Gasteiger partial charge in [0.2, 0.25) is 17.7 Å². The summed E-state index contributed by atoms with van der Waals surface area (Å²) in [5, 5.41) is 3.32.